The van der Waals surface area contributed by atoms with Gasteiger partial charge in [-0.25, -0.2) is 0 Å². The molecule has 1 saturated carbocycles. The maximum absolute atomic E-state index is 12.3. The van der Waals surface area contributed by atoms with Crippen molar-refractivity contribution in [2.75, 3.05) is 13.7 Å². The average molecular weight is 291 g/mol. The number of nitrogens with one attached hydrogen (secondary N) is 1. The minimum Gasteiger partial charge on any atom is -0.493 e. The third-order valence-electron chi connectivity index (χ3n) is 4.00. The molecule has 0 saturated heterocycles. The van der Waals surface area contributed by atoms with Crippen LogP contribution >= 0.6 is 0 Å². The molecule has 0 bridgehead atoms. The van der Waals surface area contributed by atoms with Crippen molar-refractivity contribution in [3.05, 3.63) is 23.8 Å². The first-order chi connectivity index (χ1) is 10.1. The second-order valence-electron chi connectivity index (χ2n) is 5.74. The van der Waals surface area contributed by atoms with Gasteiger partial charge in [-0.1, -0.05) is 19.8 Å². The van der Waals surface area contributed by atoms with Crippen molar-refractivity contribution in [2.24, 2.45) is 5.92 Å². The van der Waals surface area contributed by atoms with Crippen molar-refractivity contribution >= 4 is 5.91 Å². The van der Waals surface area contributed by atoms with Gasteiger partial charge >= 0.3 is 0 Å². The summed E-state index contributed by atoms with van der Waals surface area (Å²) in [6.07, 6.45) is 4.60. The molecule has 4 heteroatoms. The minimum absolute atomic E-state index is 0.0320. The summed E-state index contributed by atoms with van der Waals surface area (Å²) in [5, 5.41) is 3.13. The van der Waals surface area contributed by atoms with Gasteiger partial charge in [0.2, 0.25) is 0 Å². The van der Waals surface area contributed by atoms with Crippen LogP contribution < -0.4 is 14.8 Å². The summed E-state index contributed by atoms with van der Waals surface area (Å²) < 4.78 is 10.8. The summed E-state index contributed by atoms with van der Waals surface area (Å²) in [7, 11) is 1.59. The molecule has 1 aromatic carbocycles. The van der Waals surface area contributed by atoms with Gasteiger partial charge in [0, 0.05) is 11.6 Å². The molecular formula is C17H25NO3. The van der Waals surface area contributed by atoms with E-state index >= 15 is 0 Å². The van der Waals surface area contributed by atoms with Gasteiger partial charge in [0.05, 0.1) is 13.7 Å². The van der Waals surface area contributed by atoms with Crippen molar-refractivity contribution < 1.29 is 14.3 Å². The zero-order valence-corrected chi connectivity index (χ0v) is 13.1. The second-order valence-corrected chi connectivity index (χ2v) is 5.74. The van der Waals surface area contributed by atoms with Crippen LogP contribution in [-0.2, 0) is 0 Å². The van der Waals surface area contributed by atoms with Gasteiger partial charge in [0.1, 0.15) is 0 Å². The molecule has 1 aliphatic rings. The highest BCUT2D eigenvalue weighted by Crippen LogP contribution is 2.28. The predicted molar refractivity (Wildman–Crippen MR) is 83.0 cm³/mol. The van der Waals surface area contributed by atoms with Crippen molar-refractivity contribution in [1.82, 2.24) is 5.32 Å². The van der Waals surface area contributed by atoms with Crippen LogP contribution in [0.2, 0.25) is 0 Å². The van der Waals surface area contributed by atoms with Crippen molar-refractivity contribution in [1.29, 1.82) is 0 Å². The van der Waals surface area contributed by atoms with Crippen molar-refractivity contribution in [2.45, 2.75) is 45.6 Å². The molecule has 0 aliphatic heterocycles. The number of ether oxygens (including phenoxy) is 2. The summed E-state index contributed by atoms with van der Waals surface area (Å²) in [6, 6.07) is 5.61. The fourth-order valence-corrected chi connectivity index (χ4v) is 2.92. The first-order valence-electron chi connectivity index (χ1n) is 7.75. The van der Waals surface area contributed by atoms with Crippen LogP contribution in [0, 0.1) is 5.92 Å². The van der Waals surface area contributed by atoms with Gasteiger partial charge in [0.15, 0.2) is 11.5 Å². The van der Waals surface area contributed by atoms with Gasteiger partial charge in [0.25, 0.3) is 5.91 Å². The SMILES string of the molecule is CCOc1ccc(C(=O)NC2CCCC(C)C2)cc1OC. The van der Waals surface area contributed by atoms with Crippen LogP contribution in [0.1, 0.15) is 49.9 Å². The Morgan fingerprint density at radius 3 is 2.81 bits per heavy atom. The quantitative estimate of drug-likeness (QED) is 0.904. The highest BCUT2D eigenvalue weighted by Gasteiger charge is 2.21. The molecule has 1 aromatic rings. The van der Waals surface area contributed by atoms with Crippen LogP contribution in [0.25, 0.3) is 0 Å². The van der Waals surface area contributed by atoms with E-state index in [4.69, 9.17) is 9.47 Å². The molecule has 1 fully saturated rings. The van der Waals surface area contributed by atoms with Crippen molar-refractivity contribution in [3.8, 4) is 11.5 Å². The van der Waals surface area contributed by atoms with Crippen LogP contribution in [0.4, 0.5) is 0 Å². The molecule has 1 aliphatic carbocycles. The number of benzene rings is 1. The molecule has 1 N–H and O–H groups in total. The molecule has 0 radical (unpaired) electrons. The third-order valence-corrected chi connectivity index (χ3v) is 4.00. The first-order valence-corrected chi connectivity index (χ1v) is 7.75. The summed E-state index contributed by atoms with van der Waals surface area (Å²) in [5.74, 6) is 1.93. The summed E-state index contributed by atoms with van der Waals surface area (Å²) in [6.45, 7) is 4.74. The van der Waals surface area contributed by atoms with Gasteiger partial charge in [-0.15, -0.1) is 0 Å². The van der Waals surface area contributed by atoms with Gasteiger partial charge in [-0.05, 0) is 43.9 Å². The number of amides is 1. The predicted octanol–water partition coefficient (Wildman–Crippen LogP) is 3.40. The average Bonchev–Trinajstić information content (AvgIpc) is 2.48. The number of methoxy groups -OCH3 is 1. The normalized spacial score (nSPS) is 21.7. The fourth-order valence-electron chi connectivity index (χ4n) is 2.92. The Hall–Kier alpha value is -1.71. The van der Waals surface area contributed by atoms with Crippen LogP contribution in [-0.4, -0.2) is 25.7 Å². The molecular weight excluding hydrogens is 266 g/mol. The lowest BCUT2D eigenvalue weighted by atomic mass is 9.87. The van der Waals surface area contributed by atoms with Crippen LogP contribution in [0.3, 0.4) is 0 Å². The van der Waals surface area contributed by atoms with E-state index in [2.05, 4.69) is 12.2 Å². The van der Waals surface area contributed by atoms with Crippen molar-refractivity contribution in [3.63, 3.8) is 0 Å². The van der Waals surface area contributed by atoms with E-state index < -0.39 is 0 Å². The summed E-state index contributed by atoms with van der Waals surface area (Å²) in [4.78, 5) is 12.3. The highest BCUT2D eigenvalue weighted by molar-refractivity contribution is 5.95. The Balaban J connectivity index is 2.04. The Labute approximate surface area is 126 Å². The largest absolute Gasteiger partial charge is 0.493 e. The molecule has 0 aromatic heterocycles. The number of carbonyl (C=O) groups excluding carboxylic acids is 1. The molecule has 21 heavy (non-hydrogen) atoms. The zero-order chi connectivity index (χ0) is 15.2. The fraction of sp³-hybridized carbons (Fsp3) is 0.588. The summed E-state index contributed by atoms with van der Waals surface area (Å²) in [5.41, 5.74) is 0.619. The Kier molecular flexibility index (Phi) is 5.48. The Bertz CT molecular complexity index is 487. The number of hydrogen-bond donors (Lipinski definition) is 1. The lowest BCUT2D eigenvalue weighted by Gasteiger charge is -2.27. The standard InChI is InChI=1S/C17H25NO3/c1-4-21-15-9-8-13(11-16(15)20-3)17(19)18-14-7-5-6-12(2)10-14/h8-9,11-12,14H,4-7,10H2,1-3H3,(H,18,19). The van der Waals surface area contributed by atoms with E-state index in [9.17, 15) is 4.79 Å². The monoisotopic (exact) mass is 291 g/mol. The maximum Gasteiger partial charge on any atom is 0.251 e. The highest BCUT2D eigenvalue weighted by atomic mass is 16.5. The second kappa shape index (κ2) is 7.34. The van der Waals surface area contributed by atoms with E-state index in [0.29, 0.717) is 35.6 Å². The Morgan fingerprint density at radius 2 is 2.14 bits per heavy atom. The van der Waals surface area contributed by atoms with Crippen LogP contribution in [0.5, 0.6) is 11.5 Å². The third kappa shape index (κ3) is 4.13. The van der Waals surface area contributed by atoms with Crippen LogP contribution in [0.15, 0.2) is 18.2 Å². The van der Waals surface area contributed by atoms with E-state index in [1.165, 1.54) is 12.8 Å². The topological polar surface area (TPSA) is 47.6 Å². The lowest BCUT2D eigenvalue weighted by molar-refractivity contribution is 0.0921. The van der Waals surface area contributed by atoms with Gasteiger partial charge < -0.3 is 14.8 Å². The van der Waals surface area contributed by atoms with Gasteiger partial charge in [-0.3, -0.25) is 4.79 Å². The molecule has 2 unspecified atom stereocenters. The molecule has 116 valence electrons. The van der Waals surface area contributed by atoms with E-state index in [0.717, 1.165) is 12.8 Å². The minimum atomic E-state index is -0.0320. The molecule has 2 atom stereocenters. The molecule has 0 spiro atoms. The number of rotatable bonds is 5. The van der Waals surface area contributed by atoms with Gasteiger partial charge in [-0.2, -0.15) is 0 Å². The molecule has 2 rings (SSSR count). The molecule has 0 heterocycles. The molecule has 4 nitrogen and oxygen atoms in total. The summed E-state index contributed by atoms with van der Waals surface area (Å²) >= 11 is 0. The van der Waals surface area contributed by atoms with E-state index in [1.807, 2.05) is 6.92 Å². The first kappa shape index (κ1) is 15.7. The number of hydrogen-bond acceptors (Lipinski definition) is 3. The number of carbonyl (C=O) groups is 1. The zero-order valence-electron chi connectivity index (χ0n) is 13.1. The Morgan fingerprint density at radius 1 is 1.33 bits per heavy atom. The lowest BCUT2D eigenvalue weighted by Crippen LogP contribution is -2.37. The molecule has 1 amide bonds. The van der Waals surface area contributed by atoms with E-state index in [-0.39, 0.29) is 5.91 Å². The maximum atomic E-state index is 12.3. The smallest absolute Gasteiger partial charge is 0.251 e. The van der Waals surface area contributed by atoms with E-state index in [1.54, 1.807) is 25.3 Å².